The van der Waals surface area contributed by atoms with Crippen LogP contribution in [0.2, 0.25) is 0 Å². The molecule has 17 heavy (non-hydrogen) atoms. The fourth-order valence-electron chi connectivity index (χ4n) is 1.71. The van der Waals surface area contributed by atoms with Crippen LogP contribution in [-0.4, -0.2) is 29.7 Å². The molecule has 0 amide bonds. The third-order valence-corrected chi connectivity index (χ3v) is 2.57. The average molecular weight is 238 g/mol. The Morgan fingerprint density at radius 1 is 1.35 bits per heavy atom. The molecule has 0 radical (unpaired) electrons. The number of anilines is 1. The number of aliphatic hydroxyl groups excluding tert-OH is 1. The minimum absolute atomic E-state index is 0.00420. The van der Waals surface area contributed by atoms with Gasteiger partial charge in [0, 0.05) is 19.2 Å². The van der Waals surface area contributed by atoms with E-state index in [-0.39, 0.29) is 17.2 Å². The molecular formula is C12H18N2O3. The number of hydrogen-bond acceptors (Lipinski definition) is 4. The SMILES string of the molecule is CCCCN(CCO)c1ccccc1[N+](=O)[O-]. The Morgan fingerprint density at radius 2 is 2.06 bits per heavy atom. The summed E-state index contributed by atoms with van der Waals surface area (Å²) in [6.07, 6.45) is 1.97. The zero-order chi connectivity index (χ0) is 12.7. The summed E-state index contributed by atoms with van der Waals surface area (Å²) in [6.45, 7) is 3.21. The maximum absolute atomic E-state index is 10.9. The molecule has 0 aromatic heterocycles. The minimum atomic E-state index is -0.383. The lowest BCUT2D eigenvalue weighted by atomic mass is 10.2. The van der Waals surface area contributed by atoms with Crippen LogP contribution in [0, 0.1) is 10.1 Å². The van der Waals surface area contributed by atoms with E-state index in [1.54, 1.807) is 18.2 Å². The van der Waals surface area contributed by atoms with Crippen LogP contribution in [0.15, 0.2) is 24.3 Å². The van der Waals surface area contributed by atoms with Gasteiger partial charge in [0.05, 0.1) is 11.5 Å². The van der Waals surface area contributed by atoms with Crippen LogP contribution < -0.4 is 4.90 Å². The first-order valence-electron chi connectivity index (χ1n) is 5.80. The maximum Gasteiger partial charge on any atom is 0.292 e. The number of nitro groups is 1. The highest BCUT2D eigenvalue weighted by Gasteiger charge is 2.17. The first-order valence-corrected chi connectivity index (χ1v) is 5.80. The molecular weight excluding hydrogens is 220 g/mol. The molecule has 1 aromatic carbocycles. The standard InChI is InChI=1S/C12H18N2O3/c1-2-3-8-13(9-10-15)11-6-4-5-7-12(11)14(16)17/h4-7,15H,2-3,8-10H2,1H3. The zero-order valence-electron chi connectivity index (χ0n) is 10.0. The molecule has 0 aliphatic carbocycles. The van der Waals surface area contributed by atoms with Crippen LogP contribution in [0.25, 0.3) is 0 Å². The van der Waals surface area contributed by atoms with E-state index in [9.17, 15) is 10.1 Å². The van der Waals surface area contributed by atoms with Crippen LogP contribution in [-0.2, 0) is 0 Å². The highest BCUT2D eigenvalue weighted by atomic mass is 16.6. The van der Waals surface area contributed by atoms with Gasteiger partial charge >= 0.3 is 0 Å². The summed E-state index contributed by atoms with van der Waals surface area (Å²) >= 11 is 0. The van der Waals surface area contributed by atoms with Crippen molar-refractivity contribution in [3.63, 3.8) is 0 Å². The van der Waals surface area contributed by atoms with Gasteiger partial charge in [0.1, 0.15) is 5.69 Å². The second-order valence-corrected chi connectivity index (χ2v) is 3.81. The Labute approximate surface area is 101 Å². The van der Waals surface area contributed by atoms with Gasteiger partial charge in [0.15, 0.2) is 0 Å². The van der Waals surface area contributed by atoms with Crippen molar-refractivity contribution in [1.29, 1.82) is 0 Å². The number of rotatable bonds is 7. The number of benzene rings is 1. The number of para-hydroxylation sites is 2. The van der Waals surface area contributed by atoms with Crippen LogP contribution in [0.4, 0.5) is 11.4 Å². The molecule has 0 atom stereocenters. The van der Waals surface area contributed by atoms with Gasteiger partial charge in [-0.1, -0.05) is 25.5 Å². The van der Waals surface area contributed by atoms with Crippen molar-refractivity contribution in [2.24, 2.45) is 0 Å². The normalized spacial score (nSPS) is 10.2. The van der Waals surface area contributed by atoms with Crippen LogP contribution in [0.5, 0.6) is 0 Å². The summed E-state index contributed by atoms with van der Waals surface area (Å²) in [5.74, 6) is 0. The summed E-state index contributed by atoms with van der Waals surface area (Å²) in [4.78, 5) is 12.4. The van der Waals surface area contributed by atoms with E-state index in [0.29, 0.717) is 12.2 Å². The van der Waals surface area contributed by atoms with E-state index in [0.717, 1.165) is 19.4 Å². The van der Waals surface area contributed by atoms with Gasteiger partial charge in [-0.05, 0) is 12.5 Å². The van der Waals surface area contributed by atoms with E-state index in [4.69, 9.17) is 5.11 Å². The highest BCUT2D eigenvalue weighted by molar-refractivity contribution is 5.63. The lowest BCUT2D eigenvalue weighted by Gasteiger charge is -2.23. The van der Waals surface area contributed by atoms with Gasteiger partial charge in [-0.2, -0.15) is 0 Å². The van der Waals surface area contributed by atoms with E-state index < -0.39 is 0 Å². The molecule has 0 saturated heterocycles. The summed E-state index contributed by atoms with van der Waals surface area (Å²) in [7, 11) is 0. The summed E-state index contributed by atoms with van der Waals surface area (Å²) in [5, 5.41) is 19.9. The second kappa shape index (κ2) is 6.85. The van der Waals surface area contributed by atoms with E-state index >= 15 is 0 Å². The average Bonchev–Trinajstić information content (AvgIpc) is 2.34. The Kier molecular flexibility index (Phi) is 5.42. The van der Waals surface area contributed by atoms with Crippen molar-refractivity contribution < 1.29 is 10.0 Å². The molecule has 5 heteroatoms. The third-order valence-electron chi connectivity index (χ3n) is 2.57. The molecule has 1 aromatic rings. The van der Waals surface area contributed by atoms with Gasteiger partial charge in [-0.15, -0.1) is 0 Å². The van der Waals surface area contributed by atoms with Crippen molar-refractivity contribution >= 4 is 11.4 Å². The molecule has 0 heterocycles. The Morgan fingerprint density at radius 3 is 2.65 bits per heavy atom. The third kappa shape index (κ3) is 3.71. The molecule has 0 fully saturated rings. The minimum Gasteiger partial charge on any atom is -0.395 e. The summed E-state index contributed by atoms with van der Waals surface area (Å²) in [5.41, 5.74) is 0.678. The molecule has 0 saturated carbocycles. The quantitative estimate of drug-likeness (QED) is 0.584. The number of nitrogens with zero attached hydrogens (tertiary/aromatic N) is 2. The van der Waals surface area contributed by atoms with Gasteiger partial charge in [-0.25, -0.2) is 0 Å². The van der Waals surface area contributed by atoms with Crippen molar-refractivity contribution in [3.05, 3.63) is 34.4 Å². The van der Waals surface area contributed by atoms with Gasteiger partial charge < -0.3 is 10.0 Å². The van der Waals surface area contributed by atoms with Gasteiger partial charge in [0.2, 0.25) is 0 Å². The molecule has 0 unspecified atom stereocenters. The van der Waals surface area contributed by atoms with Crippen molar-refractivity contribution in [2.45, 2.75) is 19.8 Å². The number of hydrogen-bond donors (Lipinski definition) is 1. The van der Waals surface area contributed by atoms with Gasteiger partial charge in [0.25, 0.3) is 5.69 Å². The molecule has 94 valence electrons. The molecule has 1 N–H and O–H groups in total. The van der Waals surface area contributed by atoms with Crippen LogP contribution >= 0.6 is 0 Å². The largest absolute Gasteiger partial charge is 0.395 e. The molecule has 5 nitrogen and oxygen atoms in total. The second-order valence-electron chi connectivity index (χ2n) is 3.81. The van der Waals surface area contributed by atoms with E-state index in [2.05, 4.69) is 6.92 Å². The lowest BCUT2D eigenvalue weighted by Crippen LogP contribution is -2.28. The Bertz CT molecular complexity index is 369. The monoisotopic (exact) mass is 238 g/mol. The van der Waals surface area contributed by atoms with Crippen LogP contribution in [0.1, 0.15) is 19.8 Å². The molecule has 1 rings (SSSR count). The summed E-state index contributed by atoms with van der Waals surface area (Å²) < 4.78 is 0. The first kappa shape index (κ1) is 13.4. The Hall–Kier alpha value is -1.62. The number of aliphatic hydroxyl groups is 1. The fourth-order valence-corrected chi connectivity index (χ4v) is 1.71. The topological polar surface area (TPSA) is 66.6 Å². The molecule has 0 spiro atoms. The molecule has 0 bridgehead atoms. The van der Waals surface area contributed by atoms with E-state index in [1.807, 2.05) is 4.90 Å². The first-order chi connectivity index (χ1) is 8.20. The highest BCUT2D eigenvalue weighted by Crippen LogP contribution is 2.27. The predicted molar refractivity (Wildman–Crippen MR) is 67.3 cm³/mol. The molecule has 0 aliphatic heterocycles. The van der Waals surface area contributed by atoms with Crippen molar-refractivity contribution in [3.8, 4) is 0 Å². The maximum atomic E-state index is 10.9. The zero-order valence-corrected chi connectivity index (χ0v) is 10.0. The number of unbranched alkanes of at least 4 members (excludes halogenated alkanes) is 1. The Balaban J connectivity index is 2.95. The van der Waals surface area contributed by atoms with Crippen LogP contribution in [0.3, 0.4) is 0 Å². The van der Waals surface area contributed by atoms with Gasteiger partial charge in [-0.3, -0.25) is 10.1 Å². The number of nitro benzene ring substituents is 1. The molecule has 0 aliphatic rings. The van der Waals surface area contributed by atoms with E-state index in [1.165, 1.54) is 6.07 Å². The fraction of sp³-hybridized carbons (Fsp3) is 0.500. The van der Waals surface area contributed by atoms with Crippen molar-refractivity contribution in [1.82, 2.24) is 0 Å². The summed E-state index contributed by atoms with van der Waals surface area (Å²) in [6, 6.07) is 6.65. The lowest BCUT2D eigenvalue weighted by molar-refractivity contribution is -0.384. The smallest absolute Gasteiger partial charge is 0.292 e. The predicted octanol–water partition coefficient (Wildman–Crippen LogP) is 2.19. The van der Waals surface area contributed by atoms with Crippen molar-refractivity contribution in [2.75, 3.05) is 24.6 Å².